The highest BCUT2D eigenvalue weighted by molar-refractivity contribution is 5.81. The van der Waals surface area contributed by atoms with Crippen LogP contribution in [0.5, 0.6) is 0 Å². The fourth-order valence-corrected chi connectivity index (χ4v) is 2.70. The Balaban J connectivity index is 1.86. The molecule has 0 bridgehead atoms. The van der Waals surface area contributed by atoms with Crippen LogP contribution in [0.2, 0.25) is 0 Å². The van der Waals surface area contributed by atoms with Gasteiger partial charge in [0.25, 0.3) is 5.56 Å². The summed E-state index contributed by atoms with van der Waals surface area (Å²) in [4.78, 5) is 21.4. The van der Waals surface area contributed by atoms with Crippen molar-refractivity contribution in [3.8, 4) is 0 Å². The predicted octanol–water partition coefficient (Wildman–Crippen LogP) is 2.99. The van der Waals surface area contributed by atoms with Gasteiger partial charge in [-0.15, -0.1) is 0 Å². The molecule has 0 N–H and O–H groups in total. The Morgan fingerprint density at radius 2 is 1.77 bits per heavy atom. The van der Waals surface area contributed by atoms with Crippen molar-refractivity contribution in [2.45, 2.75) is 6.54 Å². The summed E-state index contributed by atoms with van der Waals surface area (Å²) in [6.45, 7) is 0.463. The smallest absolute Gasteiger partial charge is 0.261 e. The zero-order valence-electron chi connectivity index (χ0n) is 11.8. The highest BCUT2D eigenvalue weighted by Gasteiger charge is 2.06. The van der Waals surface area contributed by atoms with Crippen molar-refractivity contribution in [2.75, 3.05) is 0 Å². The third-order valence-corrected chi connectivity index (χ3v) is 3.79. The Hall–Kier alpha value is -3.01. The van der Waals surface area contributed by atoms with E-state index in [0.717, 1.165) is 22.0 Å². The minimum Gasteiger partial charge on any atom is -0.294 e. The van der Waals surface area contributed by atoms with Gasteiger partial charge in [-0.1, -0.05) is 36.4 Å². The molecule has 0 fully saturated rings. The Labute approximate surface area is 126 Å². The van der Waals surface area contributed by atoms with Crippen LogP contribution in [0.3, 0.4) is 0 Å². The minimum absolute atomic E-state index is 0.0291. The van der Waals surface area contributed by atoms with Crippen LogP contribution in [0.25, 0.3) is 21.8 Å². The maximum Gasteiger partial charge on any atom is 0.261 e. The van der Waals surface area contributed by atoms with E-state index in [9.17, 15) is 4.79 Å². The summed E-state index contributed by atoms with van der Waals surface area (Å²) in [6.07, 6.45) is 3.37. The van der Waals surface area contributed by atoms with Gasteiger partial charge in [-0.05, 0) is 23.8 Å². The molecule has 4 aromatic rings. The van der Waals surface area contributed by atoms with Crippen LogP contribution in [0, 0.1) is 0 Å². The van der Waals surface area contributed by atoms with Gasteiger partial charge in [0, 0.05) is 11.6 Å². The molecule has 0 aliphatic rings. The first-order valence-electron chi connectivity index (χ1n) is 7.10. The van der Waals surface area contributed by atoms with E-state index < -0.39 is 0 Å². The van der Waals surface area contributed by atoms with E-state index in [4.69, 9.17) is 0 Å². The molecule has 2 aromatic carbocycles. The molecule has 106 valence electrons. The first-order chi connectivity index (χ1) is 10.8. The van der Waals surface area contributed by atoms with Gasteiger partial charge < -0.3 is 0 Å². The van der Waals surface area contributed by atoms with Gasteiger partial charge in [0.1, 0.15) is 0 Å². The third-order valence-electron chi connectivity index (χ3n) is 3.79. The van der Waals surface area contributed by atoms with E-state index in [0.29, 0.717) is 11.9 Å². The number of fused-ring (bicyclic) bond motifs is 2. The van der Waals surface area contributed by atoms with E-state index in [1.54, 1.807) is 17.1 Å². The third kappa shape index (κ3) is 2.05. The summed E-state index contributed by atoms with van der Waals surface area (Å²) in [5, 5.41) is 1.71. The second-order valence-corrected chi connectivity index (χ2v) is 5.19. The first kappa shape index (κ1) is 12.7. The molecule has 0 atom stereocenters. The number of hydrogen-bond donors (Lipinski definition) is 0. The quantitative estimate of drug-likeness (QED) is 0.569. The molecule has 4 rings (SSSR count). The van der Waals surface area contributed by atoms with Crippen LogP contribution < -0.4 is 5.56 Å². The maximum absolute atomic E-state index is 12.6. The molecular formula is C18H13N3O. The molecule has 0 radical (unpaired) electrons. The second-order valence-electron chi connectivity index (χ2n) is 5.19. The lowest BCUT2D eigenvalue weighted by Gasteiger charge is -2.09. The summed E-state index contributed by atoms with van der Waals surface area (Å²) in [5.41, 5.74) is 2.63. The number of aromatic nitrogens is 3. The Kier molecular flexibility index (Phi) is 2.93. The molecule has 0 aliphatic heterocycles. The molecule has 0 saturated heterocycles. The zero-order valence-corrected chi connectivity index (χ0v) is 11.8. The molecule has 0 amide bonds. The van der Waals surface area contributed by atoms with Crippen molar-refractivity contribution in [3.05, 3.63) is 83.0 Å². The molecular weight excluding hydrogens is 274 g/mol. The van der Waals surface area contributed by atoms with Crippen LogP contribution in [-0.2, 0) is 6.54 Å². The highest BCUT2D eigenvalue weighted by atomic mass is 16.1. The molecule has 0 saturated carbocycles. The zero-order chi connectivity index (χ0) is 14.9. The van der Waals surface area contributed by atoms with E-state index in [-0.39, 0.29) is 5.56 Å². The molecule has 2 aromatic heterocycles. The van der Waals surface area contributed by atoms with Gasteiger partial charge in [-0.25, -0.2) is 4.98 Å². The number of rotatable bonds is 2. The monoisotopic (exact) mass is 287 g/mol. The lowest BCUT2D eigenvalue weighted by Crippen LogP contribution is -2.21. The maximum atomic E-state index is 12.6. The van der Waals surface area contributed by atoms with Crippen LogP contribution in [0.4, 0.5) is 0 Å². The molecule has 0 spiro atoms. The van der Waals surface area contributed by atoms with Crippen LogP contribution >= 0.6 is 0 Å². The molecule has 0 aliphatic carbocycles. The van der Waals surface area contributed by atoms with Gasteiger partial charge >= 0.3 is 0 Å². The van der Waals surface area contributed by atoms with Crippen molar-refractivity contribution in [1.29, 1.82) is 0 Å². The van der Waals surface area contributed by atoms with Crippen LogP contribution in [-0.4, -0.2) is 14.5 Å². The number of benzene rings is 2. The fourth-order valence-electron chi connectivity index (χ4n) is 2.70. The predicted molar refractivity (Wildman–Crippen MR) is 86.8 cm³/mol. The largest absolute Gasteiger partial charge is 0.294 e. The van der Waals surface area contributed by atoms with Crippen LogP contribution in [0.15, 0.2) is 71.9 Å². The van der Waals surface area contributed by atoms with Crippen molar-refractivity contribution in [1.82, 2.24) is 14.5 Å². The lowest BCUT2D eigenvalue weighted by molar-refractivity contribution is 0.751. The van der Waals surface area contributed by atoms with Gasteiger partial charge in [0.05, 0.1) is 29.3 Å². The van der Waals surface area contributed by atoms with Gasteiger partial charge in [0.15, 0.2) is 0 Å². The topological polar surface area (TPSA) is 47.8 Å². The molecule has 22 heavy (non-hydrogen) atoms. The lowest BCUT2D eigenvalue weighted by atomic mass is 10.1. The van der Waals surface area contributed by atoms with E-state index >= 15 is 0 Å². The van der Waals surface area contributed by atoms with Crippen molar-refractivity contribution in [3.63, 3.8) is 0 Å². The van der Waals surface area contributed by atoms with Gasteiger partial charge in [-0.3, -0.25) is 14.3 Å². The average molecular weight is 287 g/mol. The van der Waals surface area contributed by atoms with Crippen LogP contribution in [0.1, 0.15) is 5.56 Å². The Morgan fingerprint density at radius 1 is 0.909 bits per heavy atom. The fraction of sp³-hybridized carbons (Fsp3) is 0.0556. The molecule has 4 nitrogen and oxygen atoms in total. The second kappa shape index (κ2) is 5.07. The van der Waals surface area contributed by atoms with Gasteiger partial charge in [0.2, 0.25) is 0 Å². The normalized spacial score (nSPS) is 11.1. The summed E-state index contributed by atoms with van der Waals surface area (Å²) in [5.74, 6) is 0. The highest BCUT2D eigenvalue weighted by Crippen LogP contribution is 2.16. The standard InChI is InChI=1S/C18H13N3O/c22-18-15-8-1-2-9-16(15)20-12-21(18)11-14-6-3-5-13-7-4-10-19-17(13)14/h1-10,12H,11H2. The van der Waals surface area contributed by atoms with Crippen molar-refractivity contribution < 1.29 is 0 Å². The minimum atomic E-state index is -0.0291. The van der Waals surface area contributed by atoms with Gasteiger partial charge in [-0.2, -0.15) is 0 Å². The summed E-state index contributed by atoms with van der Waals surface area (Å²) in [7, 11) is 0. The number of nitrogens with zero attached hydrogens (tertiary/aromatic N) is 3. The number of para-hydroxylation sites is 2. The average Bonchev–Trinajstić information content (AvgIpc) is 2.58. The summed E-state index contributed by atoms with van der Waals surface area (Å²) < 4.78 is 1.63. The van der Waals surface area contributed by atoms with Crippen molar-refractivity contribution in [2.24, 2.45) is 0 Å². The van der Waals surface area contributed by atoms with Crippen molar-refractivity contribution >= 4 is 21.8 Å². The summed E-state index contributed by atoms with van der Waals surface area (Å²) in [6, 6.07) is 17.3. The van der Waals surface area contributed by atoms with E-state index in [1.165, 1.54) is 0 Å². The Morgan fingerprint density at radius 3 is 2.73 bits per heavy atom. The number of hydrogen-bond acceptors (Lipinski definition) is 3. The van der Waals surface area contributed by atoms with E-state index in [1.807, 2.05) is 54.6 Å². The Bertz CT molecular complexity index is 1030. The van der Waals surface area contributed by atoms with E-state index in [2.05, 4.69) is 9.97 Å². The summed E-state index contributed by atoms with van der Waals surface area (Å²) >= 11 is 0. The SMILES string of the molecule is O=c1c2ccccc2ncn1Cc1cccc2cccnc12. The first-order valence-corrected chi connectivity index (χ1v) is 7.10. The molecule has 0 unspecified atom stereocenters. The number of pyridine rings is 1. The molecule has 2 heterocycles. The molecule has 4 heteroatoms.